The van der Waals surface area contributed by atoms with E-state index in [-0.39, 0.29) is 0 Å². The summed E-state index contributed by atoms with van der Waals surface area (Å²) in [6.45, 7) is 4.51. The fraction of sp³-hybridized carbons (Fsp3) is 0.667. The van der Waals surface area contributed by atoms with E-state index >= 15 is 0 Å². The third kappa shape index (κ3) is 7.08. The van der Waals surface area contributed by atoms with Crippen molar-refractivity contribution in [1.29, 1.82) is 0 Å². The number of halogens is 1. The Morgan fingerprint density at radius 3 is 2.14 bits per heavy atom. The molecular formula is C18H30ClNO. The predicted molar refractivity (Wildman–Crippen MR) is 93.7 cm³/mol. The van der Waals surface area contributed by atoms with Gasteiger partial charge in [-0.25, -0.2) is 0 Å². The summed E-state index contributed by atoms with van der Waals surface area (Å²) in [5, 5.41) is 4.32. The van der Waals surface area contributed by atoms with Gasteiger partial charge < -0.3 is 10.1 Å². The number of methoxy groups -OCH3 is 1. The molecule has 0 aliphatic rings. The Morgan fingerprint density at radius 1 is 1.05 bits per heavy atom. The molecule has 0 aromatic heterocycles. The SMILES string of the molecule is CCCCCC(CCCCC)Nc1ccc(OC)c(Cl)c1. The summed E-state index contributed by atoms with van der Waals surface area (Å²) in [5.41, 5.74) is 1.10. The van der Waals surface area contributed by atoms with Crippen LogP contribution >= 0.6 is 11.6 Å². The van der Waals surface area contributed by atoms with Gasteiger partial charge in [0.15, 0.2) is 0 Å². The zero-order chi connectivity index (χ0) is 15.5. The van der Waals surface area contributed by atoms with Gasteiger partial charge in [-0.15, -0.1) is 0 Å². The first-order valence-corrected chi connectivity index (χ1v) is 8.69. The van der Waals surface area contributed by atoms with Gasteiger partial charge in [0, 0.05) is 11.7 Å². The van der Waals surface area contributed by atoms with Gasteiger partial charge in [-0.3, -0.25) is 0 Å². The first kappa shape index (κ1) is 18.2. The van der Waals surface area contributed by atoms with Crippen LogP contribution in [0.15, 0.2) is 18.2 Å². The first-order chi connectivity index (χ1) is 10.2. The molecule has 120 valence electrons. The quantitative estimate of drug-likeness (QED) is 0.485. The van der Waals surface area contributed by atoms with Gasteiger partial charge in [-0.1, -0.05) is 64.0 Å². The molecule has 0 atom stereocenters. The molecule has 3 heteroatoms. The van der Waals surface area contributed by atoms with E-state index in [1.54, 1.807) is 7.11 Å². The highest BCUT2D eigenvalue weighted by Gasteiger charge is 2.09. The van der Waals surface area contributed by atoms with Crippen LogP contribution in [-0.4, -0.2) is 13.2 Å². The highest BCUT2D eigenvalue weighted by molar-refractivity contribution is 6.32. The number of benzene rings is 1. The van der Waals surface area contributed by atoms with Crippen LogP contribution in [0.2, 0.25) is 5.02 Å². The molecule has 0 radical (unpaired) electrons. The van der Waals surface area contributed by atoms with Crippen molar-refractivity contribution in [3.05, 3.63) is 23.2 Å². The maximum atomic E-state index is 6.20. The molecule has 1 aromatic rings. The number of anilines is 1. The summed E-state index contributed by atoms with van der Waals surface area (Å²) >= 11 is 6.20. The molecule has 1 N–H and O–H groups in total. The van der Waals surface area contributed by atoms with E-state index in [0.717, 1.165) is 11.4 Å². The molecule has 2 nitrogen and oxygen atoms in total. The fourth-order valence-corrected chi connectivity index (χ4v) is 2.82. The molecule has 21 heavy (non-hydrogen) atoms. The molecule has 0 spiro atoms. The van der Waals surface area contributed by atoms with Gasteiger partial charge in [0.2, 0.25) is 0 Å². The molecule has 0 aliphatic carbocycles. The zero-order valence-electron chi connectivity index (χ0n) is 13.8. The van der Waals surface area contributed by atoms with Crippen molar-refractivity contribution in [1.82, 2.24) is 0 Å². The lowest BCUT2D eigenvalue weighted by molar-refractivity contribution is 0.415. The first-order valence-electron chi connectivity index (χ1n) is 8.31. The third-order valence-electron chi connectivity index (χ3n) is 3.83. The van der Waals surface area contributed by atoms with Gasteiger partial charge in [-0.05, 0) is 31.0 Å². The smallest absolute Gasteiger partial charge is 0.137 e. The second-order valence-corrected chi connectivity index (χ2v) is 6.09. The minimum absolute atomic E-state index is 0.549. The number of hydrogen-bond donors (Lipinski definition) is 1. The highest BCUT2D eigenvalue weighted by Crippen LogP contribution is 2.28. The van der Waals surface area contributed by atoms with E-state index in [1.165, 1.54) is 51.4 Å². The fourth-order valence-electron chi connectivity index (χ4n) is 2.56. The lowest BCUT2D eigenvalue weighted by Crippen LogP contribution is -2.19. The van der Waals surface area contributed by atoms with Gasteiger partial charge in [0.1, 0.15) is 5.75 Å². The van der Waals surface area contributed by atoms with E-state index in [4.69, 9.17) is 16.3 Å². The Morgan fingerprint density at radius 2 is 1.67 bits per heavy atom. The van der Waals surface area contributed by atoms with E-state index in [2.05, 4.69) is 25.2 Å². The topological polar surface area (TPSA) is 21.3 Å². The minimum atomic E-state index is 0.549. The van der Waals surface area contributed by atoms with Gasteiger partial charge in [0.25, 0.3) is 0 Å². The van der Waals surface area contributed by atoms with Crippen molar-refractivity contribution in [2.24, 2.45) is 0 Å². The molecule has 0 saturated heterocycles. The average molecular weight is 312 g/mol. The van der Waals surface area contributed by atoms with Crippen LogP contribution in [0.1, 0.15) is 65.2 Å². The summed E-state index contributed by atoms with van der Waals surface area (Å²) in [5.74, 6) is 0.732. The molecule has 1 rings (SSSR count). The molecule has 0 heterocycles. The van der Waals surface area contributed by atoms with Crippen LogP contribution in [0.3, 0.4) is 0 Å². The number of rotatable bonds is 11. The Hall–Kier alpha value is -0.890. The van der Waals surface area contributed by atoms with E-state index in [0.29, 0.717) is 11.1 Å². The Balaban J connectivity index is 2.58. The van der Waals surface area contributed by atoms with Crippen LogP contribution < -0.4 is 10.1 Å². The van der Waals surface area contributed by atoms with Gasteiger partial charge in [-0.2, -0.15) is 0 Å². The van der Waals surface area contributed by atoms with Crippen LogP contribution in [0.5, 0.6) is 5.75 Å². The lowest BCUT2D eigenvalue weighted by atomic mass is 10.0. The maximum Gasteiger partial charge on any atom is 0.137 e. The summed E-state index contributed by atoms with van der Waals surface area (Å²) < 4.78 is 5.20. The summed E-state index contributed by atoms with van der Waals surface area (Å²) in [7, 11) is 1.65. The normalized spacial score (nSPS) is 10.9. The third-order valence-corrected chi connectivity index (χ3v) is 4.13. The lowest BCUT2D eigenvalue weighted by Gasteiger charge is -2.20. The minimum Gasteiger partial charge on any atom is -0.495 e. The van der Waals surface area contributed by atoms with E-state index < -0.39 is 0 Å². The van der Waals surface area contributed by atoms with Crippen LogP contribution in [-0.2, 0) is 0 Å². The molecule has 0 fully saturated rings. The van der Waals surface area contributed by atoms with Crippen LogP contribution in [0.25, 0.3) is 0 Å². The number of hydrogen-bond acceptors (Lipinski definition) is 2. The molecule has 0 unspecified atom stereocenters. The van der Waals surface area contributed by atoms with Crippen molar-refractivity contribution in [3.8, 4) is 5.75 Å². The summed E-state index contributed by atoms with van der Waals surface area (Å²) in [6, 6.07) is 6.50. The second kappa shape index (κ2) is 10.8. The molecule has 0 saturated carbocycles. The number of ether oxygens (including phenoxy) is 1. The molecular weight excluding hydrogens is 282 g/mol. The second-order valence-electron chi connectivity index (χ2n) is 5.68. The van der Waals surface area contributed by atoms with Crippen molar-refractivity contribution in [2.45, 2.75) is 71.3 Å². The molecule has 0 aliphatic heterocycles. The Bertz CT molecular complexity index is 385. The zero-order valence-corrected chi connectivity index (χ0v) is 14.5. The summed E-state index contributed by atoms with van der Waals surface area (Å²) in [4.78, 5) is 0. The van der Waals surface area contributed by atoms with E-state index in [1.807, 2.05) is 12.1 Å². The predicted octanol–water partition coefficient (Wildman–Crippen LogP) is 6.29. The average Bonchev–Trinajstić information content (AvgIpc) is 2.48. The monoisotopic (exact) mass is 311 g/mol. The number of nitrogens with one attached hydrogen (secondary N) is 1. The molecule has 0 amide bonds. The van der Waals surface area contributed by atoms with Gasteiger partial charge >= 0.3 is 0 Å². The van der Waals surface area contributed by atoms with Crippen molar-refractivity contribution in [2.75, 3.05) is 12.4 Å². The molecule has 1 aromatic carbocycles. The van der Waals surface area contributed by atoms with Crippen molar-refractivity contribution in [3.63, 3.8) is 0 Å². The van der Waals surface area contributed by atoms with Crippen LogP contribution in [0, 0.1) is 0 Å². The summed E-state index contributed by atoms with van der Waals surface area (Å²) in [6.07, 6.45) is 10.2. The maximum absolute atomic E-state index is 6.20. The van der Waals surface area contributed by atoms with Crippen LogP contribution in [0.4, 0.5) is 5.69 Å². The largest absolute Gasteiger partial charge is 0.495 e. The van der Waals surface area contributed by atoms with Crippen molar-refractivity contribution < 1.29 is 4.74 Å². The number of unbranched alkanes of at least 4 members (excludes halogenated alkanes) is 4. The Labute approximate surface area is 135 Å². The van der Waals surface area contributed by atoms with Gasteiger partial charge in [0.05, 0.1) is 12.1 Å². The standard InChI is InChI=1S/C18H30ClNO/c1-4-6-8-10-15(11-9-7-5-2)20-16-12-13-18(21-3)17(19)14-16/h12-15,20H,4-11H2,1-3H3. The van der Waals surface area contributed by atoms with Crippen molar-refractivity contribution >= 4 is 17.3 Å². The van der Waals surface area contributed by atoms with E-state index in [9.17, 15) is 0 Å². The Kier molecular flexibility index (Phi) is 9.32. The highest BCUT2D eigenvalue weighted by atomic mass is 35.5. The molecule has 0 bridgehead atoms.